The maximum Gasteiger partial charge on any atom is 0.127 e. The molecule has 90 valence electrons. The van der Waals surface area contributed by atoms with E-state index in [1.165, 1.54) is 6.07 Å². The highest BCUT2D eigenvalue weighted by Gasteiger charge is 2.15. The first-order valence-electron chi connectivity index (χ1n) is 5.20. The summed E-state index contributed by atoms with van der Waals surface area (Å²) >= 11 is 3.31. The Morgan fingerprint density at radius 3 is 2.75 bits per heavy atom. The predicted octanol–water partition coefficient (Wildman–Crippen LogP) is 2.70. The number of hydrogen-bond donors (Lipinski definition) is 2. The fourth-order valence-corrected chi connectivity index (χ4v) is 1.68. The lowest BCUT2D eigenvalue weighted by Crippen LogP contribution is -2.32. The molecule has 2 nitrogen and oxygen atoms in total. The summed E-state index contributed by atoms with van der Waals surface area (Å²) in [7, 11) is 0. The quantitative estimate of drug-likeness (QED) is 0.874. The highest BCUT2D eigenvalue weighted by molar-refractivity contribution is 9.10. The summed E-state index contributed by atoms with van der Waals surface area (Å²) in [5.41, 5.74) is 0.450. The van der Waals surface area contributed by atoms with Gasteiger partial charge in [0, 0.05) is 35.1 Å². The van der Waals surface area contributed by atoms with Crippen LogP contribution in [0.2, 0.25) is 0 Å². The zero-order chi connectivity index (χ0) is 12.2. The van der Waals surface area contributed by atoms with Crippen molar-refractivity contribution in [1.29, 1.82) is 0 Å². The summed E-state index contributed by atoms with van der Waals surface area (Å²) in [6.07, 6.45) is 0. The van der Waals surface area contributed by atoms with Gasteiger partial charge in [-0.05, 0) is 18.2 Å². The van der Waals surface area contributed by atoms with Gasteiger partial charge in [0.05, 0.1) is 0 Å². The molecule has 0 unspecified atom stereocenters. The molecule has 1 aromatic carbocycles. The Kier molecular flexibility index (Phi) is 4.89. The van der Waals surface area contributed by atoms with Crippen LogP contribution >= 0.6 is 15.9 Å². The smallest absolute Gasteiger partial charge is 0.127 e. The van der Waals surface area contributed by atoms with E-state index in [9.17, 15) is 4.39 Å². The van der Waals surface area contributed by atoms with Crippen molar-refractivity contribution in [2.45, 2.75) is 20.4 Å². The Morgan fingerprint density at radius 2 is 2.12 bits per heavy atom. The van der Waals surface area contributed by atoms with Gasteiger partial charge in [-0.3, -0.25) is 0 Å². The van der Waals surface area contributed by atoms with Crippen LogP contribution in [0.3, 0.4) is 0 Å². The van der Waals surface area contributed by atoms with E-state index in [-0.39, 0.29) is 17.8 Å². The van der Waals surface area contributed by atoms with E-state index in [2.05, 4.69) is 21.2 Å². The standard InChI is InChI=1S/C12H17BrFNO/c1-12(2,8-16)7-15-6-9-5-10(13)3-4-11(9)14/h3-5,15-16H,6-8H2,1-2H3. The summed E-state index contributed by atoms with van der Waals surface area (Å²) in [6, 6.07) is 4.88. The topological polar surface area (TPSA) is 32.3 Å². The van der Waals surface area contributed by atoms with Gasteiger partial charge >= 0.3 is 0 Å². The average Bonchev–Trinajstić information content (AvgIpc) is 2.23. The summed E-state index contributed by atoms with van der Waals surface area (Å²) in [4.78, 5) is 0. The lowest BCUT2D eigenvalue weighted by Gasteiger charge is -2.22. The van der Waals surface area contributed by atoms with Gasteiger partial charge in [-0.25, -0.2) is 4.39 Å². The van der Waals surface area contributed by atoms with Crippen molar-refractivity contribution in [3.63, 3.8) is 0 Å². The minimum absolute atomic E-state index is 0.112. The molecule has 0 aliphatic rings. The van der Waals surface area contributed by atoms with Crippen LogP contribution in [-0.4, -0.2) is 18.3 Å². The Hall–Kier alpha value is -0.450. The van der Waals surface area contributed by atoms with Crippen molar-refractivity contribution >= 4 is 15.9 Å². The van der Waals surface area contributed by atoms with E-state index in [1.54, 1.807) is 12.1 Å². The SMILES string of the molecule is CC(C)(CO)CNCc1cc(Br)ccc1F. The summed E-state index contributed by atoms with van der Waals surface area (Å²) in [6.45, 7) is 5.14. The Morgan fingerprint density at radius 1 is 1.44 bits per heavy atom. The number of aliphatic hydroxyl groups excluding tert-OH is 1. The molecule has 0 aliphatic heterocycles. The maximum absolute atomic E-state index is 13.4. The number of aliphatic hydroxyl groups is 1. The van der Waals surface area contributed by atoms with Crippen LogP contribution in [0.25, 0.3) is 0 Å². The molecule has 4 heteroatoms. The van der Waals surface area contributed by atoms with Crippen LogP contribution in [0.4, 0.5) is 4.39 Å². The van der Waals surface area contributed by atoms with Crippen LogP contribution in [0.5, 0.6) is 0 Å². The third kappa shape index (κ3) is 4.20. The van der Waals surface area contributed by atoms with Gasteiger partial charge in [0.25, 0.3) is 0 Å². The fraction of sp³-hybridized carbons (Fsp3) is 0.500. The molecule has 0 aliphatic carbocycles. The van der Waals surface area contributed by atoms with Gasteiger partial charge in [-0.1, -0.05) is 29.8 Å². The zero-order valence-corrected chi connectivity index (χ0v) is 11.1. The lowest BCUT2D eigenvalue weighted by atomic mass is 9.95. The first-order chi connectivity index (χ1) is 7.44. The van der Waals surface area contributed by atoms with Gasteiger partial charge in [0.1, 0.15) is 5.82 Å². The molecule has 0 bridgehead atoms. The second kappa shape index (κ2) is 5.75. The fourth-order valence-electron chi connectivity index (χ4n) is 1.27. The second-order valence-corrected chi connectivity index (χ2v) is 5.58. The van der Waals surface area contributed by atoms with Gasteiger partial charge in [-0.15, -0.1) is 0 Å². The monoisotopic (exact) mass is 289 g/mol. The van der Waals surface area contributed by atoms with Crippen molar-refractivity contribution in [2.24, 2.45) is 5.41 Å². The molecule has 0 fully saturated rings. The van der Waals surface area contributed by atoms with Gasteiger partial charge in [0.2, 0.25) is 0 Å². The number of hydrogen-bond acceptors (Lipinski definition) is 2. The predicted molar refractivity (Wildman–Crippen MR) is 66.7 cm³/mol. The number of halogens is 2. The molecule has 0 atom stereocenters. The van der Waals surface area contributed by atoms with Crippen molar-refractivity contribution in [3.8, 4) is 0 Å². The zero-order valence-electron chi connectivity index (χ0n) is 9.56. The minimum Gasteiger partial charge on any atom is -0.396 e. The van der Waals surface area contributed by atoms with Crippen LogP contribution in [0, 0.1) is 11.2 Å². The molecule has 0 saturated heterocycles. The van der Waals surface area contributed by atoms with E-state index in [4.69, 9.17) is 5.11 Å². The van der Waals surface area contributed by atoms with Gasteiger partial charge < -0.3 is 10.4 Å². The van der Waals surface area contributed by atoms with Crippen LogP contribution in [0.1, 0.15) is 19.4 Å². The van der Waals surface area contributed by atoms with E-state index < -0.39 is 0 Å². The van der Waals surface area contributed by atoms with E-state index >= 15 is 0 Å². The van der Waals surface area contributed by atoms with E-state index in [1.807, 2.05) is 13.8 Å². The number of nitrogens with one attached hydrogen (secondary N) is 1. The average molecular weight is 290 g/mol. The second-order valence-electron chi connectivity index (χ2n) is 4.66. The number of rotatable bonds is 5. The normalized spacial score (nSPS) is 11.8. The molecule has 0 radical (unpaired) electrons. The van der Waals surface area contributed by atoms with Crippen molar-refractivity contribution in [1.82, 2.24) is 5.32 Å². The van der Waals surface area contributed by atoms with Crippen LogP contribution in [-0.2, 0) is 6.54 Å². The molecule has 16 heavy (non-hydrogen) atoms. The molecular weight excluding hydrogens is 273 g/mol. The summed E-state index contributed by atoms with van der Waals surface area (Å²) in [5, 5.41) is 12.2. The molecule has 0 saturated carbocycles. The minimum atomic E-state index is -0.211. The summed E-state index contributed by atoms with van der Waals surface area (Å²) in [5.74, 6) is -0.211. The molecule has 1 aromatic rings. The molecule has 0 heterocycles. The van der Waals surface area contributed by atoms with E-state index in [0.717, 1.165) is 4.47 Å². The molecule has 2 N–H and O–H groups in total. The first kappa shape index (κ1) is 13.6. The third-order valence-corrected chi connectivity index (χ3v) is 2.85. The van der Waals surface area contributed by atoms with Crippen molar-refractivity contribution in [3.05, 3.63) is 34.1 Å². The highest BCUT2D eigenvalue weighted by atomic mass is 79.9. The van der Waals surface area contributed by atoms with Crippen LogP contribution in [0.15, 0.2) is 22.7 Å². The highest BCUT2D eigenvalue weighted by Crippen LogP contribution is 2.16. The van der Waals surface area contributed by atoms with Crippen molar-refractivity contribution in [2.75, 3.05) is 13.2 Å². The van der Waals surface area contributed by atoms with Crippen molar-refractivity contribution < 1.29 is 9.50 Å². The summed E-state index contributed by atoms with van der Waals surface area (Å²) < 4.78 is 14.2. The van der Waals surface area contributed by atoms with Crippen LogP contribution < -0.4 is 5.32 Å². The maximum atomic E-state index is 13.4. The Balaban J connectivity index is 2.52. The molecule has 1 rings (SSSR count). The van der Waals surface area contributed by atoms with Gasteiger partial charge in [0.15, 0.2) is 0 Å². The first-order valence-corrected chi connectivity index (χ1v) is 5.99. The Labute approximate surface area is 104 Å². The third-order valence-electron chi connectivity index (χ3n) is 2.35. The molecule has 0 aromatic heterocycles. The lowest BCUT2D eigenvalue weighted by molar-refractivity contribution is 0.156. The largest absolute Gasteiger partial charge is 0.396 e. The molecular formula is C12H17BrFNO. The molecule has 0 amide bonds. The van der Waals surface area contributed by atoms with E-state index in [0.29, 0.717) is 18.7 Å². The Bertz CT molecular complexity index is 355. The molecule has 0 spiro atoms. The van der Waals surface area contributed by atoms with Gasteiger partial charge in [-0.2, -0.15) is 0 Å². The number of benzene rings is 1.